The minimum Gasteiger partial charge on any atom is -0.207 e. The Bertz CT molecular complexity index is 394. The average Bonchev–Trinajstić information content (AvgIpc) is 2.53. The molecule has 5 heteroatoms. The van der Waals surface area contributed by atoms with Gasteiger partial charge in [-0.1, -0.05) is 11.3 Å². The lowest BCUT2D eigenvalue weighted by atomic mass is 10.2. The van der Waals surface area contributed by atoms with E-state index in [1.807, 2.05) is 0 Å². The van der Waals surface area contributed by atoms with Crippen molar-refractivity contribution in [3.8, 4) is 10.6 Å². The molecule has 2 aromatic rings. The standard InChI is InChI=1S/C8H4F2N2S/c9-6-1-5(2-7(10)3-6)8-12-11-4-13-8/h1-4H. The Hall–Kier alpha value is -1.36. The highest BCUT2D eigenvalue weighted by Gasteiger charge is 2.05. The van der Waals surface area contributed by atoms with Crippen LogP contribution in [0.4, 0.5) is 8.78 Å². The summed E-state index contributed by atoms with van der Waals surface area (Å²) in [5, 5.41) is 7.80. The molecule has 0 saturated carbocycles. The van der Waals surface area contributed by atoms with Crippen molar-refractivity contribution in [3.63, 3.8) is 0 Å². The predicted molar refractivity (Wildman–Crippen MR) is 45.3 cm³/mol. The molecule has 66 valence electrons. The molecule has 0 saturated heterocycles. The molecule has 0 bridgehead atoms. The maximum absolute atomic E-state index is 12.7. The van der Waals surface area contributed by atoms with Crippen molar-refractivity contribution in [2.75, 3.05) is 0 Å². The lowest BCUT2D eigenvalue weighted by molar-refractivity contribution is 0.584. The molecule has 2 rings (SSSR count). The molecule has 0 aliphatic carbocycles. The summed E-state index contributed by atoms with van der Waals surface area (Å²) in [6, 6.07) is 3.28. The first kappa shape index (κ1) is 8.25. The van der Waals surface area contributed by atoms with Crippen molar-refractivity contribution < 1.29 is 8.78 Å². The van der Waals surface area contributed by atoms with Crippen molar-refractivity contribution >= 4 is 11.3 Å². The number of halogens is 2. The van der Waals surface area contributed by atoms with Gasteiger partial charge in [0, 0.05) is 11.6 Å². The highest BCUT2D eigenvalue weighted by Crippen LogP contribution is 2.22. The van der Waals surface area contributed by atoms with Crippen LogP contribution < -0.4 is 0 Å². The third-order valence-corrected chi connectivity index (χ3v) is 2.21. The Kier molecular flexibility index (Phi) is 2.02. The van der Waals surface area contributed by atoms with Crippen LogP contribution in [0.5, 0.6) is 0 Å². The molecule has 0 fully saturated rings. The highest BCUT2D eigenvalue weighted by molar-refractivity contribution is 7.12. The average molecular weight is 198 g/mol. The summed E-state index contributed by atoms with van der Waals surface area (Å²) in [5.74, 6) is -1.21. The predicted octanol–water partition coefficient (Wildman–Crippen LogP) is 2.48. The second kappa shape index (κ2) is 3.18. The zero-order valence-electron chi connectivity index (χ0n) is 6.37. The van der Waals surface area contributed by atoms with Gasteiger partial charge in [-0.05, 0) is 12.1 Å². The zero-order chi connectivity index (χ0) is 9.26. The zero-order valence-corrected chi connectivity index (χ0v) is 7.18. The topological polar surface area (TPSA) is 25.8 Å². The molecule has 0 amide bonds. The smallest absolute Gasteiger partial charge is 0.147 e. The number of benzene rings is 1. The number of hydrogen-bond acceptors (Lipinski definition) is 3. The number of hydrogen-bond donors (Lipinski definition) is 0. The van der Waals surface area contributed by atoms with Crippen LogP contribution in [0, 0.1) is 11.6 Å². The van der Waals surface area contributed by atoms with Gasteiger partial charge >= 0.3 is 0 Å². The number of rotatable bonds is 1. The van der Waals surface area contributed by atoms with Gasteiger partial charge < -0.3 is 0 Å². The molecule has 0 spiro atoms. The van der Waals surface area contributed by atoms with Gasteiger partial charge in [0.25, 0.3) is 0 Å². The van der Waals surface area contributed by atoms with Crippen molar-refractivity contribution in [1.82, 2.24) is 10.2 Å². The van der Waals surface area contributed by atoms with E-state index in [2.05, 4.69) is 10.2 Å². The fourth-order valence-corrected chi connectivity index (χ4v) is 1.52. The van der Waals surface area contributed by atoms with Crippen LogP contribution in [0.15, 0.2) is 23.7 Å². The van der Waals surface area contributed by atoms with Crippen LogP contribution >= 0.6 is 11.3 Å². The van der Waals surface area contributed by atoms with E-state index in [0.717, 1.165) is 6.07 Å². The molecule has 1 heterocycles. The molecule has 0 unspecified atom stereocenters. The lowest BCUT2D eigenvalue weighted by Crippen LogP contribution is -1.83. The van der Waals surface area contributed by atoms with Crippen LogP contribution in [0.1, 0.15) is 0 Å². The highest BCUT2D eigenvalue weighted by atomic mass is 32.1. The first-order valence-corrected chi connectivity index (χ1v) is 4.36. The minimum absolute atomic E-state index is 0.417. The number of aromatic nitrogens is 2. The Morgan fingerprint density at radius 3 is 2.31 bits per heavy atom. The quantitative estimate of drug-likeness (QED) is 0.703. The monoisotopic (exact) mass is 198 g/mol. The van der Waals surface area contributed by atoms with Crippen molar-refractivity contribution in [3.05, 3.63) is 35.3 Å². The third kappa shape index (κ3) is 1.70. The summed E-state index contributed by atoms with van der Waals surface area (Å²) in [6.07, 6.45) is 0. The summed E-state index contributed by atoms with van der Waals surface area (Å²) >= 11 is 1.24. The molecule has 0 aliphatic rings. The minimum atomic E-state index is -0.606. The fourth-order valence-electron chi connectivity index (χ4n) is 0.976. The Morgan fingerprint density at radius 2 is 1.77 bits per heavy atom. The first-order chi connectivity index (χ1) is 6.25. The van der Waals surface area contributed by atoms with Crippen LogP contribution in [0.25, 0.3) is 10.6 Å². The Balaban J connectivity index is 2.53. The van der Waals surface area contributed by atoms with Gasteiger partial charge in [-0.2, -0.15) is 0 Å². The molecule has 0 aliphatic heterocycles. The van der Waals surface area contributed by atoms with Crippen LogP contribution in [-0.4, -0.2) is 10.2 Å². The van der Waals surface area contributed by atoms with E-state index in [9.17, 15) is 8.78 Å². The van der Waals surface area contributed by atoms with Gasteiger partial charge in [0.2, 0.25) is 0 Å². The van der Waals surface area contributed by atoms with Gasteiger partial charge in [0.05, 0.1) is 0 Å². The lowest BCUT2D eigenvalue weighted by Gasteiger charge is -1.95. The molecular formula is C8H4F2N2S. The van der Waals surface area contributed by atoms with E-state index in [-0.39, 0.29) is 0 Å². The summed E-state index contributed by atoms with van der Waals surface area (Å²) in [6.45, 7) is 0. The Labute approximate surface area is 76.9 Å². The largest absolute Gasteiger partial charge is 0.207 e. The summed E-state index contributed by atoms with van der Waals surface area (Å²) in [5.41, 5.74) is 1.93. The number of nitrogens with zero attached hydrogens (tertiary/aromatic N) is 2. The third-order valence-electron chi connectivity index (χ3n) is 1.47. The van der Waals surface area contributed by atoms with Gasteiger partial charge in [0.15, 0.2) is 0 Å². The summed E-state index contributed by atoms with van der Waals surface area (Å²) in [4.78, 5) is 0. The van der Waals surface area contributed by atoms with Crippen LogP contribution in [0.2, 0.25) is 0 Å². The van der Waals surface area contributed by atoms with Gasteiger partial charge in [0.1, 0.15) is 22.2 Å². The van der Waals surface area contributed by atoms with E-state index in [1.54, 1.807) is 0 Å². The maximum atomic E-state index is 12.7. The fraction of sp³-hybridized carbons (Fsp3) is 0. The molecule has 0 radical (unpaired) electrons. The van der Waals surface area contributed by atoms with Crippen molar-refractivity contribution in [2.24, 2.45) is 0 Å². The summed E-state index contributed by atoms with van der Waals surface area (Å²) in [7, 11) is 0. The molecular weight excluding hydrogens is 194 g/mol. The van der Waals surface area contributed by atoms with Gasteiger partial charge in [-0.3, -0.25) is 0 Å². The van der Waals surface area contributed by atoms with Crippen molar-refractivity contribution in [2.45, 2.75) is 0 Å². The van der Waals surface area contributed by atoms with E-state index in [4.69, 9.17) is 0 Å². The van der Waals surface area contributed by atoms with E-state index in [1.165, 1.54) is 29.0 Å². The maximum Gasteiger partial charge on any atom is 0.147 e. The molecule has 1 aromatic carbocycles. The normalized spacial score (nSPS) is 10.3. The van der Waals surface area contributed by atoms with Crippen molar-refractivity contribution in [1.29, 1.82) is 0 Å². The molecule has 0 atom stereocenters. The first-order valence-electron chi connectivity index (χ1n) is 3.48. The molecule has 1 aromatic heterocycles. The van der Waals surface area contributed by atoms with Gasteiger partial charge in [-0.15, -0.1) is 10.2 Å². The molecule has 2 nitrogen and oxygen atoms in total. The van der Waals surface area contributed by atoms with E-state index >= 15 is 0 Å². The van der Waals surface area contributed by atoms with Crippen LogP contribution in [0.3, 0.4) is 0 Å². The van der Waals surface area contributed by atoms with Crippen LogP contribution in [-0.2, 0) is 0 Å². The second-order valence-corrected chi connectivity index (χ2v) is 3.24. The SMILES string of the molecule is Fc1cc(F)cc(-c2nncs2)c1. The van der Waals surface area contributed by atoms with Gasteiger partial charge in [-0.25, -0.2) is 8.78 Å². The van der Waals surface area contributed by atoms with E-state index < -0.39 is 11.6 Å². The molecule has 0 N–H and O–H groups in total. The Morgan fingerprint density at radius 1 is 1.08 bits per heavy atom. The molecule has 13 heavy (non-hydrogen) atoms. The second-order valence-electron chi connectivity index (χ2n) is 2.40. The summed E-state index contributed by atoms with van der Waals surface area (Å²) < 4.78 is 25.5. The van der Waals surface area contributed by atoms with E-state index in [0.29, 0.717) is 10.6 Å².